The summed E-state index contributed by atoms with van der Waals surface area (Å²) in [5.41, 5.74) is -0.809. The molecule has 1 aliphatic carbocycles. The van der Waals surface area contributed by atoms with Crippen LogP contribution in [-0.2, 0) is 23.8 Å². The first-order valence-electron chi connectivity index (χ1n) is 9.19. The molecular formula is C19H32O5. The van der Waals surface area contributed by atoms with Crippen LogP contribution in [0.25, 0.3) is 0 Å². The van der Waals surface area contributed by atoms with Crippen LogP contribution >= 0.6 is 0 Å². The van der Waals surface area contributed by atoms with Crippen LogP contribution in [0.2, 0.25) is 0 Å². The third-order valence-corrected chi connectivity index (χ3v) is 5.54. The Labute approximate surface area is 145 Å². The molecule has 3 fully saturated rings. The molecule has 0 aromatic rings. The fourth-order valence-corrected chi connectivity index (χ4v) is 4.10. The van der Waals surface area contributed by atoms with Crippen molar-refractivity contribution >= 4 is 11.8 Å². The Morgan fingerprint density at radius 1 is 1.08 bits per heavy atom. The van der Waals surface area contributed by atoms with Crippen molar-refractivity contribution in [1.82, 2.24) is 0 Å². The van der Waals surface area contributed by atoms with Crippen LogP contribution in [0.3, 0.4) is 0 Å². The van der Waals surface area contributed by atoms with Crippen LogP contribution in [0.1, 0.15) is 73.1 Å². The summed E-state index contributed by atoms with van der Waals surface area (Å²) < 4.78 is 18.0. The Morgan fingerprint density at radius 2 is 1.71 bits per heavy atom. The molecule has 5 nitrogen and oxygen atoms in total. The SMILES string of the molecule is CCOC1CC2CC(OC(=O)CCCCC(C)=O)C1(C)OC2(C)C. The zero-order valence-electron chi connectivity index (χ0n) is 15.7. The van der Waals surface area contributed by atoms with Crippen LogP contribution < -0.4 is 0 Å². The second-order valence-corrected chi connectivity index (χ2v) is 7.89. The molecule has 4 unspecified atom stereocenters. The number of Topliss-reactive ketones (excluding diaryl/α,β-unsaturated/α-hetero) is 1. The number of ether oxygens (including phenoxy) is 3. The lowest BCUT2D eigenvalue weighted by Crippen LogP contribution is -2.69. The van der Waals surface area contributed by atoms with E-state index >= 15 is 0 Å². The van der Waals surface area contributed by atoms with Crippen LogP contribution in [0.15, 0.2) is 0 Å². The number of hydrogen-bond donors (Lipinski definition) is 0. The molecule has 3 aliphatic rings. The number of hydrogen-bond acceptors (Lipinski definition) is 5. The van der Waals surface area contributed by atoms with E-state index in [0.29, 0.717) is 31.8 Å². The van der Waals surface area contributed by atoms with Crippen molar-refractivity contribution < 1.29 is 23.8 Å². The van der Waals surface area contributed by atoms with E-state index in [1.807, 2.05) is 13.8 Å². The minimum absolute atomic E-state index is 0.0372. The van der Waals surface area contributed by atoms with Crippen LogP contribution in [-0.4, -0.2) is 41.8 Å². The summed E-state index contributed by atoms with van der Waals surface area (Å²) in [6.45, 7) is 10.4. The first-order valence-corrected chi connectivity index (χ1v) is 9.19. The molecule has 138 valence electrons. The Hall–Kier alpha value is -0.940. The smallest absolute Gasteiger partial charge is 0.306 e. The molecule has 0 aromatic carbocycles. The molecule has 24 heavy (non-hydrogen) atoms. The third kappa shape index (κ3) is 4.17. The van der Waals surface area contributed by atoms with E-state index in [0.717, 1.165) is 19.3 Å². The summed E-state index contributed by atoms with van der Waals surface area (Å²) in [5, 5.41) is 0. The lowest BCUT2D eigenvalue weighted by Gasteiger charge is -2.60. The molecule has 0 N–H and O–H groups in total. The zero-order chi connectivity index (χ0) is 18.0. The van der Waals surface area contributed by atoms with Crippen molar-refractivity contribution in [3.63, 3.8) is 0 Å². The van der Waals surface area contributed by atoms with Gasteiger partial charge in [-0.1, -0.05) is 0 Å². The molecule has 5 heteroatoms. The minimum atomic E-state index is -0.594. The summed E-state index contributed by atoms with van der Waals surface area (Å²) in [4.78, 5) is 23.1. The monoisotopic (exact) mass is 340 g/mol. The molecule has 0 radical (unpaired) electrons. The highest BCUT2D eigenvalue weighted by Crippen LogP contribution is 2.51. The molecule has 3 rings (SSSR count). The first kappa shape index (κ1) is 19.4. The fraction of sp³-hybridized carbons (Fsp3) is 0.895. The molecule has 0 aromatic heterocycles. The lowest BCUT2D eigenvalue weighted by molar-refractivity contribution is -0.320. The maximum atomic E-state index is 12.2. The van der Waals surface area contributed by atoms with Crippen molar-refractivity contribution in [1.29, 1.82) is 0 Å². The molecule has 0 amide bonds. The summed E-state index contributed by atoms with van der Waals surface area (Å²) >= 11 is 0. The number of ketones is 1. The summed E-state index contributed by atoms with van der Waals surface area (Å²) in [6.07, 6.45) is 3.78. The van der Waals surface area contributed by atoms with Gasteiger partial charge in [-0.2, -0.15) is 0 Å². The van der Waals surface area contributed by atoms with Gasteiger partial charge in [0.2, 0.25) is 0 Å². The second-order valence-electron chi connectivity index (χ2n) is 7.89. The average molecular weight is 340 g/mol. The predicted molar refractivity (Wildman–Crippen MR) is 90.7 cm³/mol. The molecule has 1 saturated carbocycles. The van der Waals surface area contributed by atoms with Crippen molar-refractivity contribution in [2.24, 2.45) is 5.92 Å². The summed E-state index contributed by atoms with van der Waals surface area (Å²) in [7, 11) is 0. The lowest BCUT2D eigenvalue weighted by atomic mass is 9.65. The second kappa shape index (κ2) is 7.52. The highest BCUT2D eigenvalue weighted by Gasteiger charge is 2.61. The largest absolute Gasteiger partial charge is 0.459 e. The standard InChI is InChI=1S/C19H32O5/c1-6-22-15-11-14-12-16(19(15,5)24-18(14,3)4)23-17(21)10-8-7-9-13(2)20/h14-16H,6-12H2,1-5H3. The van der Waals surface area contributed by atoms with Crippen LogP contribution in [0, 0.1) is 5.92 Å². The Balaban J connectivity index is 1.95. The quantitative estimate of drug-likeness (QED) is 0.500. The molecule has 4 atom stereocenters. The van der Waals surface area contributed by atoms with Gasteiger partial charge < -0.3 is 19.0 Å². The van der Waals surface area contributed by atoms with E-state index in [9.17, 15) is 9.59 Å². The van der Waals surface area contributed by atoms with E-state index < -0.39 is 5.60 Å². The topological polar surface area (TPSA) is 61.8 Å². The highest BCUT2D eigenvalue weighted by molar-refractivity contribution is 5.75. The molecular weight excluding hydrogens is 308 g/mol. The first-order chi connectivity index (χ1) is 11.2. The van der Waals surface area contributed by atoms with E-state index in [-0.39, 0.29) is 29.6 Å². The Bertz CT molecular complexity index is 472. The van der Waals surface area contributed by atoms with Gasteiger partial charge in [-0.3, -0.25) is 4.79 Å². The van der Waals surface area contributed by atoms with Gasteiger partial charge in [-0.25, -0.2) is 0 Å². The molecule has 2 bridgehead atoms. The van der Waals surface area contributed by atoms with Crippen LogP contribution in [0.5, 0.6) is 0 Å². The molecule has 2 heterocycles. The van der Waals surface area contributed by atoms with Crippen LogP contribution in [0.4, 0.5) is 0 Å². The number of rotatable bonds is 8. The van der Waals surface area contributed by atoms with E-state index in [2.05, 4.69) is 13.8 Å². The van der Waals surface area contributed by atoms with Crippen molar-refractivity contribution in [2.75, 3.05) is 6.61 Å². The van der Waals surface area contributed by atoms with E-state index in [4.69, 9.17) is 14.2 Å². The molecule has 2 saturated heterocycles. The highest BCUT2D eigenvalue weighted by atomic mass is 16.6. The molecule has 2 aliphatic heterocycles. The Kier molecular flexibility index (Phi) is 6.08. The van der Waals surface area contributed by atoms with Crippen molar-refractivity contribution in [2.45, 2.75) is 96.6 Å². The zero-order valence-corrected chi connectivity index (χ0v) is 15.7. The third-order valence-electron chi connectivity index (χ3n) is 5.54. The van der Waals surface area contributed by atoms with Gasteiger partial charge in [-0.05, 0) is 66.2 Å². The number of esters is 1. The van der Waals surface area contributed by atoms with E-state index in [1.54, 1.807) is 6.92 Å². The van der Waals surface area contributed by atoms with E-state index in [1.165, 1.54) is 0 Å². The van der Waals surface area contributed by atoms with Crippen molar-refractivity contribution in [3.8, 4) is 0 Å². The summed E-state index contributed by atoms with van der Waals surface area (Å²) in [5.74, 6) is 0.288. The van der Waals surface area contributed by atoms with Gasteiger partial charge in [0.15, 0.2) is 0 Å². The Morgan fingerprint density at radius 3 is 2.33 bits per heavy atom. The maximum Gasteiger partial charge on any atom is 0.306 e. The number of carbonyl (C=O) groups is 2. The van der Waals surface area contributed by atoms with Gasteiger partial charge in [0.25, 0.3) is 0 Å². The summed E-state index contributed by atoms with van der Waals surface area (Å²) in [6, 6.07) is 0. The van der Waals surface area contributed by atoms with Gasteiger partial charge in [0.1, 0.15) is 17.5 Å². The number of carbonyl (C=O) groups excluding carboxylic acids is 2. The maximum absolute atomic E-state index is 12.2. The fourth-order valence-electron chi connectivity index (χ4n) is 4.10. The minimum Gasteiger partial charge on any atom is -0.459 e. The van der Waals surface area contributed by atoms with Gasteiger partial charge in [0, 0.05) is 19.4 Å². The van der Waals surface area contributed by atoms with Crippen molar-refractivity contribution in [3.05, 3.63) is 0 Å². The van der Waals surface area contributed by atoms with Gasteiger partial charge in [-0.15, -0.1) is 0 Å². The number of fused-ring (bicyclic) bond motifs is 3. The van der Waals surface area contributed by atoms with Gasteiger partial charge >= 0.3 is 5.97 Å². The van der Waals surface area contributed by atoms with Gasteiger partial charge in [0.05, 0.1) is 11.7 Å². The average Bonchev–Trinajstić information content (AvgIpc) is 2.46. The molecule has 0 spiro atoms. The predicted octanol–water partition coefficient (Wildman–Crippen LogP) is 3.43. The number of unbranched alkanes of at least 4 members (excludes halogenated alkanes) is 1. The normalized spacial score (nSPS) is 34.1.